The van der Waals surface area contributed by atoms with Crippen molar-refractivity contribution >= 4 is 32.7 Å². The molecule has 31 heavy (non-hydrogen) atoms. The predicted octanol–water partition coefficient (Wildman–Crippen LogP) is 3.01. The Bertz CT molecular complexity index is 1160. The number of aromatic nitrogens is 3. The van der Waals surface area contributed by atoms with Gasteiger partial charge in [-0.25, -0.2) is 9.97 Å². The minimum atomic E-state index is -4.54. The summed E-state index contributed by atoms with van der Waals surface area (Å²) in [7, 11) is 0. The highest BCUT2D eigenvalue weighted by atomic mass is 32.1. The summed E-state index contributed by atoms with van der Waals surface area (Å²) in [6, 6.07) is 9.06. The second kappa shape index (κ2) is 8.29. The highest BCUT2D eigenvalue weighted by Crippen LogP contribution is 2.32. The maximum atomic E-state index is 12.8. The number of benzene rings is 1. The predicted molar refractivity (Wildman–Crippen MR) is 111 cm³/mol. The lowest BCUT2D eigenvalue weighted by Gasteiger charge is -2.23. The molecule has 0 spiro atoms. The van der Waals surface area contributed by atoms with Crippen molar-refractivity contribution in [3.05, 3.63) is 52.1 Å². The van der Waals surface area contributed by atoms with Crippen molar-refractivity contribution in [2.24, 2.45) is 0 Å². The van der Waals surface area contributed by atoms with Crippen LogP contribution in [0.15, 0.2) is 35.1 Å². The van der Waals surface area contributed by atoms with E-state index in [1.54, 1.807) is 4.90 Å². The third kappa shape index (κ3) is 4.55. The molecule has 1 aliphatic heterocycles. The molecule has 1 aromatic carbocycles. The van der Waals surface area contributed by atoms with E-state index in [9.17, 15) is 22.8 Å². The number of fused-ring (bicyclic) bond motifs is 1. The van der Waals surface area contributed by atoms with Gasteiger partial charge in [0.25, 0.3) is 5.56 Å². The van der Waals surface area contributed by atoms with Gasteiger partial charge in [0.15, 0.2) is 15.5 Å². The molecule has 1 atom stereocenters. The third-order valence-corrected chi connectivity index (χ3v) is 6.13. The van der Waals surface area contributed by atoms with Crippen LogP contribution in [0.2, 0.25) is 0 Å². The number of hydrogen-bond donors (Lipinski definition) is 1. The number of rotatable bonds is 5. The Kier molecular flexibility index (Phi) is 5.69. The number of carbonyl (C=O) groups is 1. The molecule has 0 bridgehead atoms. The number of aryl methyl sites for hydroxylation is 1. The quantitative estimate of drug-likeness (QED) is 0.645. The summed E-state index contributed by atoms with van der Waals surface area (Å²) in [5, 5.41) is 3.34. The fraction of sp³-hybridized carbons (Fsp3) is 0.400. The van der Waals surface area contributed by atoms with E-state index in [1.165, 1.54) is 6.92 Å². The first-order valence-corrected chi connectivity index (χ1v) is 10.6. The molecule has 1 N–H and O–H groups in total. The van der Waals surface area contributed by atoms with Crippen LogP contribution in [-0.4, -0.2) is 39.2 Å². The number of hydrogen-bond acceptors (Lipinski definition) is 6. The number of nitrogens with zero attached hydrogens (tertiary/aromatic N) is 4. The van der Waals surface area contributed by atoms with E-state index >= 15 is 0 Å². The number of nitrogens with one attached hydrogen (secondary N) is 1. The van der Waals surface area contributed by atoms with Gasteiger partial charge in [-0.2, -0.15) is 13.2 Å². The van der Waals surface area contributed by atoms with E-state index in [0.717, 1.165) is 23.3 Å². The van der Waals surface area contributed by atoms with E-state index in [1.807, 2.05) is 30.3 Å². The number of amides is 1. The molecule has 1 saturated heterocycles. The van der Waals surface area contributed by atoms with Gasteiger partial charge >= 0.3 is 6.18 Å². The fourth-order valence-corrected chi connectivity index (χ4v) is 4.71. The molecule has 0 saturated carbocycles. The normalized spacial score (nSPS) is 16.8. The molecular weight excluding hydrogens is 431 g/mol. The summed E-state index contributed by atoms with van der Waals surface area (Å²) in [6.45, 7) is 0.912. The summed E-state index contributed by atoms with van der Waals surface area (Å²) in [5.74, 6) is -0.178. The van der Waals surface area contributed by atoms with Crippen molar-refractivity contribution in [3.63, 3.8) is 0 Å². The first kappa shape index (κ1) is 21.3. The van der Waals surface area contributed by atoms with Gasteiger partial charge in [0, 0.05) is 13.1 Å². The lowest BCUT2D eigenvalue weighted by molar-refractivity contribution is -0.141. The Balaban J connectivity index is 1.58. The minimum absolute atomic E-state index is 0.0244. The summed E-state index contributed by atoms with van der Waals surface area (Å²) in [4.78, 5) is 35.9. The topological polar surface area (TPSA) is 80.1 Å². The van der Waals surface area contributed by atoms with Crippen molar-refractivity contribution in [1.29, 1.82) is 0 Å². The Morgan fingerprint density at radius 2 is 2.00 bits per heavy atom. The summed E-state index contributed by atoms with van der Waals surface area (Å²) < 4.78 is 39.1. The monoisotopic (exact) mass is 451 g/mol. The Labute approximate surface area is 179 Å². The van der Waals surface area contributed by atoms with Crippen LogP contribution in [0, 0.1) is 6.92 Å². The first-order chi connectivity index (χ1) is 14.7. The second-order valence-corrected chi connectivity index (χ2v) is 8.33. The molecule has 1 fully saturated rings. The van der Waals surface area contributed by atoms with Crippen LogP contribution in [-0.2, 0) is 17.9 Å². The van der Waals surface area contributed by atoms with Gasteiger partial charge in [-0.05, 0) is 25.3 Å². The average Bonchev–Trinajstić information content (AvgIpc) is 3.36. The van der Waals surface area contributed by atoms with Crippen LogP contribution >= 0.6 is 11.3 Å². The zero-order valence-electron chi connectivity index (χ0n) is 16.6. The van der Waals surface area contributed by atoms with Crippen molar-refractivity contribution in [2.75, 3.05) is 11.4 Å². The third-order valence-electron chi connectivity index (χ3n) is 5.15. The van der Waals surface area contributed by atoms with Crippen LogP contribution < -0.4 is 15.8 Å². The van der Waals surface area contributed by atoms with Crippen molar-refractivity contribution in [3.8, 4) is 0 Å². The van der Waals surface area contributed by atoms with Crippen LogP contribution in [0.4, 0.5) is 18.3 Å². The van der Waals surface area contributed by atoms with Gasteiger partial charge < -0.3 is 10.2 Å². The van der Waals surface area contributed by atoms with Crippen molar-refractivity contribution in [2.45, 2.75) is 45.1 Å². The maximum Gasteiger partial charge on any atom is 0.406 e. The molecule has 4 rings (SSSR count). The molecule has 11 heteroatoms. The van der Waals surface area contributed by atoms with Crippen LogP contribution in [0.3, 0.4) is 0 Å². The van der Waals surface area contributed by atoms with E-state index in [0.29, 0.717) is 29.2 Å². The molecule has 1 amide bonds. The average molecular weight is 451 g/mol. The minimum Gasteiger partial charge on any atom is -0.350 e. The summed E-state index contributed by atoms with van der Waals surface area (Å²) in [5.41, 5.74) is 0.0436. The van der Waals surface area contributed by atoms with Gasteiger partial charge in [0.05, 0.1) is 0 Å². The number of alkyl halides is 3. The molecule has 3 aromatic rings. The number of carbonyl (C=O) groups excluding carboxylic acids is 1. The van der Waals surface area contributed by atoms with E-state index < -0.39 is 24.3 Å². The van der Waals surface area contributed by atoms with Crippen LogP contribution in [0.25, 0.3) is 10.3 Å². The molecule has 1 unspecified atom stereocenters. The van der Waals surface area contributed by atoms with E-state index in [2.05, 4.69) is 15.3 Å². The molecule has 1 aliphatic rings. The van der Waals surface area contributed by atoms with Crippen LogP contribution in [0.5, 0.6) is 0 Å². The summed E-state index contributed by atoms with van der Waals surface area (Å²) >= 11 is 1.11. The zero-order chi connectivity index (χ0) is 22.2. The fourth-order valence-electron chi connectivity index (χ4n) is 3.66. The summed E-state index contributed by atoms with van der Waals surface area (Å²) in [6.07, 6.45) is -3.15. The molecule has 3 heterocycles. The number of halogens is 3. The Hall–Kier alpha value is -2.95. The Morgan fingerprint density at radius 3 is 2.71 bits per heavy atom. The molecular formula is C20H20F3N5O2S. The molecule has 164 valence electrons. The van der Waals surface area contributed by atoms with Gasteiger partial charge in [0.1, 0.15) is 18.4 Å². The number of anilines is 1. The molecule has 2 aromatic heterocycles. The largest absolute Gasteiger partial charge is 0.406 e. The smallest absolute Gasteiger partial charge is 0.350 e. The highest BCUT2D eigenvalue weighted by molar-refractivity contribution is 7.21. The maximum absolute atomic E-state index is 12.8. The highest BCUT2D eigenvalue weighted by Gasteiger charge is 2.34. The Morgan fingerprint density at radius 1 is 1.26 bits per heavy atom. The van der Waals surface area contributed by atoms with Crippen LogP contribution in [0.1, 0.15) is 24.2 Å². The second-order valence-electron chi connectivity index (χ2n) is 7.37. The van der Waals surface area contributed by atoms with Gasteiger partial charge in [0.2, 0.25) is 5.91 Å². The molecule has 0 radical (unpaired) electrons. The van der Waals surface area contributed by atoms with E-state index in [4.69, 9.17) is 0 Å². The first-order valence-electron chi connectivity index (χ1n) is 9.76. The molecule has 0 aliphatic carbocycles. The number of thiazole rings is 1. The van der Waals surface area contributed by atoms with Gasteiger partial charge in [-0.15, -0.1) is 0 Å². The van der Waals surface area contributed by atoms with Crippen molar-refractivity contribution < 1.29 is 18.0 Å². The van der Waals surface area contributed by atoms with Crippen molar-refractivity contribution in [1.82, 2.24) is 19.9 Å². The SMILES string of the molecule is Cc1nc2sc(N3CCCC3C(=O)NCc3ccccc3)nc2c(=O)n1CC(F)(F)F. The zero-order valence-corrected chi connectivity index (χ0v) is 17.5. The van der Waals surface area contributed by atoms with Gasteiger partial charge in [-0.3, -0.25) is 14.2 Å². The molecule has 7 nitrogen and oxygen atoms in total. The standard InChI is InChI=1S/C20H20F3N5O2S/c1-12-25-17-15(18(30)28(12)11-20(21,22)23)26-19(31-17)27-9-5-8-14(27)16(29)24-10-13-6-3-2-4-7-13/h2-4,6-7,14H,5,8-11H2,1H3,(H,24,29). The lowest BCUT2D eigenvalue weighted by atomic mass is 10.2. The van der Waals surface area contributed by atoms with E-state index in [-0.39, 0.29) is 22.1 Å². The van der Waals surface area contributed by atoms with Gasteiger partial charge in [-0.1, -0.05) is 41.7 Å². The lowest BCUT2D eigenvalue weighted by Crippen LogP contribution is -2.43.